The number of amides is 1. The van der Waals surface area contributed by atoms with Crippen LogP contribution in [-0.4, -0.2) is 47.9 Å². The SMILES string of the molecule is C=C(CCC)CC1NC(N(C)C=O)=C(C(=C)N(C)CCC)N1Cc1ccc(C)cc1. The van der Waals surface area contributed by atoms with Crippen molar-refractivity contribution < 1.29 is 4.79 Å². The average Bonchev–Trinajstić information content (AvgIpc) is 3.06. The van der Waals surface area contributed by atoms with Crippen molar-refractivity contribution in [1.29, 1.82) is 0 Å². The van der Waals surface area contributed by atoms with Gasteiger partial charge in [-0.2, -0.15) is 0 Å². The lowest BCUT2D eigenvalue weighted by atomic mass is 10.1. The third-order valence-corrected chi connectivity index (χ3v) is 5.55. The van der Waals surface area contributed by atoms with E-state index in [0.717, 1.165) is 62.4 Å². The van der Waals surface area contributed by atoms with E-state index in [1.165, 1.54) is 16.7 Å². The van der Waals surface area contributed by atoms with E-state index in [-0.39, 0.29) is 6.17 Å². The van der Waals surface area contributed by atoms with Crippen molar-refractivity contribution >= 4 is 6.41 Å². The van der Waals surface area contributed by atoms with Crippen molar-refractivity contribution in [3.05, 3.63) is 71.3 Å². The number of nitrogens with one attached hydrogen (secondary N) is 1. The van der Waals surface area contributed by atoms with Crippen molar-refractivity contribution in [2.24, 2.45) is 0 Å². The lowest BCUT2D eigenvalue weighted by Gasteiger charge is -2.33. The highest BCUT2D eigenvalue weighted by Crippen LogP contribution is 2.33. The molecule has 0 saturated heterocycles. The zero-order valence-electron chi connectivity index (χ0n) is 19.4. The van der Waals surface area contributed by atoms with Gasteiger partial charge in [0.15, 0.2) is 0 Å². The van der Waals surface area contributed by atoms with Gasteiger partial charge in [-0.05, 0) is 25.3 Å². The maximum absolute atomic E-state index is 11.7. The molecule has 0 bridgehead atoms. The highest BCUT2D eigenvalue weighted by molar-refractivity contribution is 5.53. The number of carbonyl (C=O) groups excluding carboxylic acids is 1. The summed E-state index contributed by atoms with van der Waals surface area (Å²) in [6, 6.07) is 8.63. The van der Waals surface area contributed by atoms with Gasteiger partial charge < -0.3 is 20.0 Å². The molecular weight excluding hydrogens is 372 g/mol. The highest BCUT2D eigenvalue weighted by Gasteiger charge is 2.35. The van der Waals surface area contributed by atoms with E-state index >= 15 is 0 Å². The normalized spacial score (nSPS) is 15.8. The maximum atomic E-state index is 11.7. The fourth-order valence-corrected chi connectivity index (χ4v) is 3.84. The van der Waals surface area contributed by atoms with Crippen LogP contribution in [0.2, 0.25) is 0 Å². The molecule has 0 saturated carbocycles. The van der Waals surface area contributed by atoms with E-state index in [1.54, 1.807) is 11.9 Å². The summed E-state index contributed by atoms with van der Waals surface area (Å²) >= 11 is 0. The Labute approximate surface area is 182 Å². The smallest absolute Gasteiger partial charge is 0.215 e. The van der Waals surface area contributed by atoms with Crippen LogP contribution in [0.1, 0.15) is 50.7 Å². The molecule has 164 valence electrons. The number of rotatable bonds is 12. The van der Waals surface area contributed by atoms with Crippen molar-refractivity contribution in [3.63, 3.8) is 0 Å². The molecule has 1 aliphatic heterocycles. The molecule has 1 unspecified atom stereocenters. The van der Waals surface area contributed by atoms with Crippen LogP contribution in [0.5, 0.6) is 0 Å². The van der Waals surface area contributed by atoms with Gasteiger partial charge >= 0.3 is 0 Å². The quantitative estimate of drug-likeness (QED) is 0.404. The molecule has 30 heavy (non-hydrogen) atoms. The van der Waals surface area contributed by atoms with E-state index in [2.05, 4.69) is 80.4 Å². The molecule has 0 fully saturated rings. The van der Waals surface area contributed by atoms with Crippen LogP contribution in [0.3, 0.4) is 0 Å². The summed E-state index contributed by atoms with van der Waals surface area (Å²) < 4.78 is 0. The molecule has 0 aromatic heterocycles. The molecule has 5 heteroatoms. The standard InChI is InChI=1S/C25H38N4O/c1-8-10-20(4)16-23-26-25(28(7)18-30)24(21(5)27(6)15-9-2)29(23)17-22-13-11-19(3)12-14-22/h11-14,18,23,26H,4-5,8-10,15-17H2,1-3,6-7H3. The molecule has 2 rings (SSSR count). The van der Waals surface area contributed by atoms with Gasteiger partial charge in [-0.15, -0.1) is 0 Å². The van der Waals surface area contributed by atoms with Crippen LogP contribution in [-0.2, 0) is 11.3 Å². The van der Waals surface area contributed by atoms with Crippen LogP contribution in [0.25, 0.3) is 0 Å². The van der Waals surface area contributed by atoms with Crippen LogP contribution in [0.4, 0.5) is 0 Å². The van der Waals surface area contributed by atoms with Gasteiger partial charge in [-0.1, -0.05) is 68.8 Å². The van der Waals surface area contributed by atoms with E-state index in [4.69, 9.17) is 0 Å². The van der Waals surface area contributed by atoms with E-state index in [9.17, 15) is 4.79 Å². The number of likely N-dealkylation sites (N-methyl/N-ethyl adjacent to an activating group) is 1. The summed E-state index contributed by atoms with van der Waals surface area (Å²) in [4.78, 5) is 17.8. The molecule has 1 aromatic carbocycles. The largest absolute Gasteiger partial charge is 0.373 e. The van der Waals surface area contributed by atoms with Gasteiger partial charge in [0.2, 0.25) is 6.41 Å². The second-order valence-corrected chi connectivity index (χ2v) is 8.26. The third-order valence-electron chi connectivity index (χ3n) is 5.55. The molecule has 1 aliphatic rings. The number of nitrogens with zero attached hydrogens (tertiary/aromatic N) is 3. The number of benzene rings is 1. The van der Waals surface area contributed by atoms with Crippen LogP contribution < -0.4 is 5.32 Å². The summed E-state index contributed by atoms with van der Waals surface area (Å²) in [6.07, 6.45) is 4.82. The minimum absolute atomic E-state index is 0.0320. The Balaban J connectivity index is 2.45. The molecule has 1 aromatic rings. The first-order valence-electron chi connectivity index (χ1n) is 10.9. The van der Waals surface area contributed by atoms with E-state index in [0.29, 0.717) is 0 Å². The van der Waals surface area contributed by atoms with Gasteiger partial charge in [0.25, 0.3) is 0 Å². The Hall–Kier alpha value is -2.69. The summed E-state index contributed by atoms with van der Waals surface area (Å²) in [7, 11) is 3.85. The van der Waals surface area contributed by atoms with E-state index in [1.807, 2.05) is 0 Å². The van der Waals surface area contributed by atoms with E-state index < -0.39 is 0 Å². The second kappa shape index (κ2) is 10.9. The molecule has 1 heterocycles. The summed E-state index contributed by atoms with van der Waals surface area (Å²) in [6.45, 7) is 16.8. The van der Waals surface area contributed by atoms with Crippen molar-refractivity contribution in [2.45, 2.75) is 59.2 Å². The van der Waals surface area contributed by atoms with Gasteiger partial charge in [-0.3, -0.25) is 4.79 Å². The Bertz CT molecular complexity index is 781. The Morgan fingerprint density at radius 2 is 1.83 bits per heavy atom. The van der Waals surface area contributed by atoms with Crippen LogP contribution in [0.15, 0.2) is 60.2 Å². The van der Waals surface area contributed by atoms with Crippen LogP contribution >= 0.6 is 0 Å². The minimum atomic E-state index is 0.0320. The zero-order chi connectivity index (χ0) is 22.3. The molecule has 1 atom stereocenters. The first-order chi connectivity index (χ1) is 14.3. The number of aryl methyl sites for hydroxylation is 1. The molecular formula is C25H38N4O. The first-order valence-corrected chi connectivity index (χ1v) is 10.9. The van der Waals surface area contributed by atoms with Gasteiger partial charge in [0, 0.05) is 33.6 Å². The Morgan fingerprint density at radius 3 is 2.40 bits per heavy atom. The molecule has 1 N–H and O–H groups in total. The van der Waals surface area contributed by atoms with Crippen molar-refractivity contribution in [3.8, 4) is 0 Å². The monoisotopic (exact) mass is 410 g/mol. The fraction of sp³-hybridized carbons (Fsp3) is 0.480. The summed E-state index contributed by atoms with van der Waals surface area (Å²) in [5.41, 5.74) is 5.59. The van der Waals surface area contributed by atoms with Gasteiger partial charge in [0.05, 0.1) is 5.70 Å². The number of hydrogen-bond acceptors (Lipinski definition) is 4. The van der Waals surface area contributed by atoms with Gasteiger partial charge in [0.1, 0.15) is 17.7 Å². The molecule has 1 amide bonds. The molecule has 0 spiro atoms. The van der Waals surface area contributed by atoms with Gasteiger partial charge in [-0.25, -0.2) is 0 Å². The molecule has 0 radical (unpaired) electrons. The number of carbonyl (C=O) groups is 1. The third kappa shape index (κ3) is 5.68. The lowest BCUT2D eigenvalue weighted by molar-refractivity contribution is -0.115. The highest BCUT2D eigenvalue weighted by atomic mass is 16.1. The topological polar surface area (TPSA) is 38.8 Å². The summed E-state index contributed by atoms with van der Waals surface area (Å²) in [5, 5.41) is 3.59. The second-order valence-electron chi connectivity index (χ2n) is 8.26. The predicted molar refractivity (Wildman–Crippen MR) is 125 cm³/mol. The average molecular weight is 411 g/mol. The first kappa shape index (κ1) is 23.6. The van der Waals surface area contributed by atoms with Crippen molar-refractivity contribution in [2.75, 3.05) is 20.6 Å². The minimum Gasteiger partial charge on any atom is -0.373 e. The maximum Gasteiger partial charge on any atom is 0.215 e. The fourth-order valence-electron chi connectivity index (χ4n) is 3.84. The predicted octanol–water partition coefficient (Wildman–Crippen LogP) is 4.59. The molecule has 5 nitrogen and oxygen atoms in total. The Kier molecular flexibility index (Phi) is 8.58. The van der Waals surface area contributed by atoms with Crippen molar-refractivity contribution in [1.82, 2.24) is 20.0 Å². The lowest BCUT2D eigenvalue weighted by Crippen LogP contribution is -2.39. The zero-order valence-corrected chi connectivity index (χ0v) is 19.4. The Morgan fingerprint density at radius 1 is 1.17 bits per heavy atom. The number of hydrogen-bond donors (Lipinski definition) is 1. The molecule has 0 aliphatic carbocycles. The van der Waals surface area contributed by atoms with Crippen LogP contribution in [0, 0.1) is 6.92 Å². The summed E-state index contributed by atoms with van der Waals surface area (Å²) in [5.74, 6) is 0.805.